The van der Waals surface area contributed by atoms with Gasteiger partial charge in [-0.05, 0) is 73.5 Å². The molecule has 3 aromatic carbocycles. The number of carbonyl (C=O) groups excluding carboxylic acids is 3. The average molecular weight is 554 g/mol. The first-order chi connectivity index (χ1) is 18.3. The predicted octanol–water partition coefficient (Wildman–Crippen LogP) is 5.86. The number of hydrogen-bond acceptors (Lipinski definition) is 6. The number of ether oxygens (including phenoxy) is 1. The van der Waals surface area contributed by atoms with E-state index >= 15 is 0 Å². The molecule has 1 unspecified atom stereocenters. The molecule has 1 aliphatic heterocycles. The maximum atomic E-state index is 14.2. The molecule has 1 heterocycles. The Bertz CT molecular complexity index is 1350. The fraction of sp³-hybridized carbons (Fsp3) is 0.214. The third-order valence-electron chi connectivity index (χ3n) is 5.68. The van der Waals surface area contributed by atoms with Crippen molar-refractivity contribution in [3.8, 4) is 0 Å². The molecule has 196 valence electrons. The third kappa shape index (κ3) is 6.99. The zero-order valence-electron chi connectivity index (χ0n) is 20.5. The second-order valence-electron chi connectivity index (χ2n) is 8.36. The molecule has 7 nitrogen and oxygen atoms in total. The highest BCUT2D eigenvalue weighted by atomic mass is 35.5. The van der Waals surface area contributed by atoms with Crippen molar-refractivity contribution in [3.63, 3.8) is 0 Å². The maximum absolute atomic E-state index is 14.2. The molecule has 4 rings (SSSR count). The van der Waals surface area contributed by atoms with E-state index in [9.17, 15) is 18.8 Å². The Morgan fingerprint density at radius 2 is 1.79 bits per heavy atom. The minimum Gasteiger partial charge on any atom is -0.462 e. The first-order valence-electron chi connectivity index (χ1n) is 12.0. The van der Waals surface area contributed by atoms with Gasteiger partial charge in [0.15, 0.2) is 5.17 Å². The lowest BCUT2D eigenvalue weighted by atomic mass is 10.1. The second kappa shape index (κ2) is 12.7. The molecule has 10 heteroatoms. The monoisotopic (exact) mass is 553 g/mol. The van der Waals surface area contributed by atoms with Gasteiger partial charge < -0.3 is 10.1 Å². The lowest BCUT2D eigenvalue weighted by molar-refractivity contribution is -0.128. The van der Waals surface area contributed by atoms with Gasteiger partial charge in [0.25, 0.3) is 0 Å². The second-order valence-corrected chi connectivity index (χ2v) is 9.97. The number of amidine groups is 1. The highest BCUT2D eigenvalue weighted by Gasteiger charge is 2.39. The number of halogens is 2. The quantitative estimate of drug-likeness (QED) is 0.335. The van der Waals surface area contributed by atoms with Crippen LogP contribution in [0, 0.1) is 5.82 Å². The van der Waals surface area contributed by atoms with Crippen LogP contribution in [0.4, 0.5) is 15.8 Å². The summed E-state index contributed by atoms with van der Waals surface area (Å²) in [4.78, 5) is 44.1. The average Bonchev–Trinajstić information content (AvgIpc) is 3.18. The zero-order chi connectivity index (χ0) is 27.1. The van der Waals surface area contributed by atoms with Gasteiger partial charge in [-0.3, -0.25) is 14.5 Å². The van der Waals surface area contributed by atoms with Gasteiger partial charge in [0.2, 0.25) is 11.8 Å². The number of amides is 2. The summed E-state index contributed by atoms with van der Waals surface area (Å²) in [5.74, 6) is -1.39. The molecule has 3 aromatic rings. The number of aliphatic imine (C=N–C) groups is 1. The van der Waals surface area contributed by atoms with Gasteiger partial charge >= 0.3 is 5.97 Å². The van der Waals surface area contributed by atoms with Crippen LogP contribution in [-0.2, 0) is 20.7 Å². The van der Waals surface area contributed by atoms with Gasteiger partial charge in [0.1, 0.15) is 11.1 Å². The summed E-state index contributed by atoms with van der Waals surface area (Å²) >= 11 is 7.08. The molecule has 0 spiro atoms. The van der Waals surface area contributed by atoms with Gasteiger partial charge in [-0.25, -0.2) is 14.2 Å². The molecule has 0 bridgehead atoms. The van der Waals surface area contributed by atoms with E-state index in [2.05, 4.69) is 10.3 Å². The van der Waals surface area contributed by atoms with Crippen LogP contribution in [0.5, 0.6) is 0 Å². The number of anilines is 1. The van der Waals surface area contributed by atoms with Crippen LogP contribution in [-0.4, -0.2) is 46.3 Å². The number of thioether (sulfide) groups is 1. The van der Waals surface area contributed by atoms with E-state index in [1.807, 2.05) is 0 Å². The summed E-state index contributed by atoms with van der Waals surface area (Å²) in [5.41, 5.74) is 1.96. The number of nitrogens with one attached hydrogen (secondary N) is 1. The molecule has 38 heavy (non-hydrogen) atoms. The summed E-state index contributed by atoms with van der Waals surface area (Å²) in [7, 11) is 0. The fourth-order valence-corrected chi connectivity index (χ4v) is 5.08. The van der Waals surface area contributed by atoms with Crippen molar-refractivity contribution in [3.05, 3.63) is 94.8 Å². The zero-order valence-corrected chi connectivity index (χ0v) is 22.1. The van der Waals surface area contributed by atoms with Gasteiger partial charge in [0, 0.05) is 23.7 Å². The smallest absolute Gasteiger partial charge is 0.338 e. The molecule has 0 aliphatic carbocycles. The lowest BCUT2D eigenvalue weighted by Crippen LogP contribution is -2.35. The first kappa shape index (κ1) is 27.3. The van der Waals surface area contributed by atoms with Crippen molar-refractivity contribution in [1.82, 2.24) is 4.90 Å². The highest BCUT2D eigenvalue weighted by Crippen LogP contribution is 2.32. The summed E-state index contributed by atoms with van der Waals surface area (Å²) in [6.45, 7) is 2.20. The van der Waals surface area contributed by atoms with Gasteiger partial charge in [0.05, 0.1) is 17.9 Å². The van der Waals surface area contributed by atoms with Gasteiger partial charge in [-0.1, -0.05) is 41.6 Å². The molecular formula is C28H25ClFN3O4S. The Morgan fingerprint density at radius 3 is 2.47 bits per heavy atom. The molecule has 1 N–H and O–H groups in total. The summed E-state index contributed by atoms with van der Waals surface area (Å²) in [5, 5.41) is 3.03. The van der Waals surface area contributed by atoms with Crippen molar-refractivity contribution in [2.75, 3.05) is 18.5 Å². The molecule has 1 aliphatic rings. The van der Waals surface area contributed by atoms with E-state index in [0.29, 0.717) is 32.7 Å². The number of rotatable bonds is 9. The molecule has 1 fully saturated rings. The molecule has 0 radical (unpaired) electrons. The fourth-order valence-electron chi connectivity index (χ4n) is 3.77. The topological polar surface area (TPSA) is 88.1 Å². The van der Waals surface area contributed by atoms with Crippen LogP contribution < -0.4 is 5.32 Å². The van der Waals surface area contributed by atoms with Crippen molar-refractivity contribution in [2.45, 2.75) is 25.0 Å². The number of carbonyl (C=O) groups is 3. The van der Waals surface area contributed by atoms with E-state index < -0.39 is 11.2 Å². The molecule has 1 saturated heterocycles. The molecular weight excluding hydrogens is 529 g/mol. The van der Waals surface area contributed by atoms with E-state index in [-0.39, 0.29) is 43.6 Å². The van der Waals surface area contributed by atoms with Crippen molar-refractivity contribution >= 4 is 57.7 Å². The van der Waals surface area contributed by atoms with Crippen LogP contribution in [0.2, 0.25) is 5.02 Å². The van der Waals surface area contributed by atoms with Crippen molar-refractivity contribution in [1.29, 1.82) is 0 Å². The standard InChI is InChI=1S/C28H25ClFN3O4S/c1-2-37-27(36)19-7-11-22(12-8-19)32-28-33(16-15-18-5-3-4-6-23(18)30)26(35)24(38-28)17-25(34)31-21-13-9-20(29)10-14-21/h3-14,24H,2,15-17H2,1H3,(H,31,34). The maximum Gasteiger partial charge on any atom is 0.338 e. The Labute approximate surface area is 229 Å². The van der Waals surface area contributed by atoms with Crippen molar-refractivity contribution < 1.29 is 23.5 Å². The van der Waals surface area contributed by atoms with Crippen molar-refractivity contribution in [2.24, 2.45) is 4.99 Å². The Morgan fingerprint density at radius 1 is 1.08 bits per heavy atom. The van der Waals surface area contributed by atoms with Crippen LogP contribution in [0.25, 0.3) is 0 Å². The van der Waals surface area contributed by atoms with Gasteiger partial charge in [-0.2, -0.15) is 0 Å². The Hall–Kier alpha value is -3.69. The molecule has 1 atom stereocenters. The Balaban J connectivity index is 1.52. The summed E-state index contributed by atoms with van der Waals surface area (Å²) in [6, 6.07) is 19.6. The van der Waals surface area contributed by atoms with Crippen LogP contribution in [0.1, 0.15) is 29.3 Å². The van der Waals surface area contributed by atoms with E-state index in [1.165, 1.54) is 22.7 Å². The van der Waals surface area contributed by atoms with Crippen LogP contribution in [0.15, 0.2) is 77.8 Å². The SMILES string of the molecule is CCOC(=O)c1ccc(N=C2SC(CC(=O)Nc3ccc(Cl)cc3)C(=O)N2CCc2ccccc2F)cc1. The Kier molecular flexibility index (Phi) is 9.15. The number of nitrogens with zero attached hydrogens (tertiary/aromatic N) is 2. The summed E-state index contributed by atoms with van der Waals surface area (Å²) < 4.78 is 19.2. The minimum absolute atomic E-state index is 0.0663. The van der Waals surface area contributed by atoms with E-state index in [4.69, 9.17) is 16.3 Å². The minimum atomic E-state index is -0.694. The normalized spacial score (nSPS) is 16.1. The van der Waals surface area contributed by atoms with Gasteiger partial charge in [-0.15, -0.1) is 0 Å². The third-order valence-corrected chi connectivity index (χ3v) is 7.11. The predicted molar refractivity (Wildman–Crippen MR) is 147 cm³/mol. The number of esters is 1. The molecule has 0 aromatic heterocycles. The largest absolute Gasteiger partial charge is 0.462 e. The first-order valence-corrected chi connectivity index (χ1v) is 13.2. The molecule has 0 saturated carbocycles. The lowest BCUT2D eigenvalue weighted by Gasteiger charge is -2.17. The van der Waals surface area contributed by atoms with E-state index in [1.54, 1.807) is 73.7 Å². The van der Waals surface area contributed by atoms with Crippen LogP contribution >= 0.6 is 23.4 Å². The number of hydrogen-bond donors (Lipinski definition) is 1. The van der Waals surface area contributed by atoms with Crippen LogP contribution in [0.3, 0.4) is 0 Å². The summed E-state index contributed by atoms with van der Waals surface area (Å²) in [6.07, 6.45) is 0.215. The van der Waals surface area contributed by atoms with E-state index in [0.717, 1.165) is 0 Å². The highest BCUT2D eigenvalue weighted by molar-refractivity contribution is 8.15. The molecule has 2 amide bonds. The number of benzene rings is 3.